The molecule has 0 aliphatic heterocycles. The summed E-state index contributed by atoms with van der Waals surface area (Å²) in [6.07, 6.45) is 3.70. The Bertz CT molecular complexity index is 619. The summed E-state index contributed by atoms with van der Waals surface area (Å²) in [7, 11) is 0. The zero-order chi connectivity index (χ0) is 17.2. The Hall–Kier alpha value is -1.66. The van der Waals surface area contributed by atoms with Gasteiger partial charge in [-0.15, -0.1) is 12.4 Å². The molecule has 2 rings (SSSR count). The van der Waals surface area contributed by atoms with Crippen LogP contribution in [-0.2, 0) is 4.79 Å². The highest BCUT2D eigenvalue weighted by Gasteiger charge is 2.38. The van der Waals surface area contributed by atoms with Gasteiger partial charge in [-0.05, 0) is 39.2 Å². The second kappa shape index (κ2) is 7.94. The molecule has 3 atom stereocenters. The van der Waals surface area contributed by atoms with E-state index in [-0.39, 0.29) is 36.0 Å². The summed E-state index contributed by atoms with van der Waals surface area (Å²) in [6.45, 7) is 5.47. The highest BCUT2D eigenvalue weighted by Crippen LogP contribution is 2.32. The van der Waals surface area contributed by atoms with Crippen molar-refractivity contribution in [3.8, 4) is 0 Å². The highest BCUT2D eigenvalue weighted by atomic mass is 35.5. The van der Waals surface area contributed by atoms with E-state index in [9.17, 15) is 14.9 Å². The third-order valence-electron chi connectivity index (χ3n) is 4.86. The molecule has 1 amide bonds. The van der Waals surface area contributed by atoms with Crippen LogP contribution in [-0.4, -0.2) is 16.4 Å². The number of rotatable bonds is 4. The molecule has 0 bridgehead atoms. The second-order valence-electron chi connectivity index (χ2n) is 6.84. The van der Waals surface area contributed by atoms with Gasteiger partial charge in [-0.2, -0.15) is 0 Å². The normalized spacial score (nSPS) is 24.6. The molecule has 0 saturated heterocycles. The minimum absolute atomic E-state index is 0. The number of carbonyl (C=O) groups excluding carboxylic acids is 1. The molecule has 1 aliphatic rings. The molecular weight excluding hydrogens is 330 g/mol. The van der Waals surface area contributed by atoms with E-state index in [1.165, 1.54) is 6.07 Å². The Labute approximate surface area is 148 Å². The number of amides is 1. The monoisotopic (exact) mass is 355 g/mol. The van der Waals surface area contributed by atoms with Crippen LogP contribution in [0.5, 0.6) is 0 Å². The van der Waals surface area contributed by atoms with Gasteiger partial charge in [-0.3, -0.25) is 14.9 Å². The molecule has 24 heavy (non-hydrogen) atoms. The maximum atomic E-state index is 12.6. The molecular formula is C17H26ClN3O3. The van der Waals surface area contributed by atoms with E-state index in [2.05, 4.69) is 5.32 Å². The number of hydrogen-bond acceptors (Lipinski definition) is 4. The Morgan fingerprint density at radius 3 is 2.71 bits per heavy atom. The number of carbonyl (C=O) groups is 1. The van der Waals surface area contributed by atoms with Crippen molar-refractivity contribution in [3.63, 3.8) is 0 Å². The molecule has 1 saturated carbocycles. The van der Waals surface area contributed by atoms with E-state index in [0.717, 1.165) is 31.2 Å². The lowest BCUT2D eigenvalue weighted by molar-refractivity contribution is -0.385. The van der Waals surface area contributed by atoms with Gasteiger partial charge >= 0.3 is 0 Å². The van der Waals surface area contributed by atoms with Crippen molar-refractivity contribution >= 4 is 24.0 Å². The SMILES string of the molecule is Cc1ccc(C(C)NC(=O)C2CCCCC2(C)N)cc1[N+](=O)[O-].Cl. The molecule has 1 aromatic rings. The van der Waals surface area contributed by atoms with Crippen LogP contribution in [0.25, 0.3) is 0 Å². The van der Waals surface area contributed by atoms with Crippen molar-refractivity contribution in [2.75, 3.05) is 0 Å². The molecule has 1 aromatic carbocycles. The Morgan fingerprint density at radius 1 is 1.46 bits per heavy atom. The summed E-state index contributed by atoms with van der Waals surface area (Å²) in [5.41, 5.74) is 7.20. The fourth-order valence-electron chi connectivity index (χ4n) is 3.28. The molecule has 0 heterocycles. The molecule has 0 aromatic heterocycles. The van der Waals surface area contributed by atoms with E-state index >= 15 is 0 Å². The van der Waals surface area contributed by atoms with Gasteiger partial charge in [0.05, 0.1) is 16.9 Å². The van der Waals surface area contributed by atoms with Crippen LogP contribution in [0.15, 0.2) is 18.2 Å². The Kier molecular flexibility index (Phi) is 6.75. The van der Waals surface area contributed by atoms with Gasteiger partial charge in [0.25, 0.3) is 5.69 Å². The summed E-state index contributed by atoms with van der Waals surface area (Å²) in [5, 5.41) is 14.0. The third kappa shape index (κ3) is 4.45. The average Bonchev–Trinajstić information content (AvgIpc) is 2.46. The van der Waals surface area contributed by atoms with Gasteiger partial charge in [0.15, 0.2) is 0 Å². The van der Waals surface area contributed by atoms with Crippen LogP contribution in [0.4, 0.5) is 5.69 Å². The van der Waals surface area contributed by atoms with Crippen LogP contribution in [0.3, 0.4) is 0 Å². The van der Waals surface area contributed by atoms with Crippen molar-refractivity contribution in [2.24, 2.45) is 11.7 Å². The van der Waals surface area contributed by atoms with Crippen LogP contribution in [0.2, 0.25) is 0 Å². The molecule has 1 aliphatic carbocycles. The van der Waals surface area contributed by atoms with E-state index in [1.54, 1.807) is 13.0 Å². The standard InChI is InChI=1S/C17H25N3O3.ClH/c1-11-7-8-13(10-15(11)20(22)23)12(2)19-16(21)14-6-4-5-9-17(14,3)18;/h7-8,10,12,14H,4-6,9,18H2,1-3H3,(H,19,21);1H. The number of nitrogens with two attached hydrogens (primary N) is 1. The first-order valence-corrected chi connectivity index (χ1v) is 8.06. The fourth-order valence-corrected chi connectivity index (χ4v) is 3.28. The lowest BCUT2D eigenvalue weighted by atomic mass is 9.74. The lowest BCUT2D eigenvalue weighted by Crippen LogP contribution is -2.53. The van der Waals surface area contributed by atoms with E-state index in [4.69, 9.17) is 5.73 Å². The maximum Gasteiger partial charge on any atom is 0.272 e. The zero-order valence-corrected chi connectivity index (χ0v) is 15.2. The molecule has 1 fully saturated rings. The molecule has 6 nitrogen and oxygen atoms in total. The van der Waals surface area contributed by atoms with Gasteiger partial charge in [0.1, 0.15) is 0 Å². The smallest absolute Gasteiger partial charge is 0.272 e. The minimum Gasteiger partial charge on any atom is -0.349 e. The number of nitrogens with one attached hydrogen (secondary N) is 1. The van der Waals surface area contributed by atoms with Crippen molar-refractivity contribution < 1.29 is 9.72 Å². The summed E-state index contributed by atoms with van der Waals surface area (Å²) in [5.74, 6) is -0.274. The minimum atomic E-state index is -0.485. The number of nitro groups is 1. The topological polar surface area (TPSA) is 98.3 Å². The van der Waals surface area contributed by atoms with Gasteiger partial charge in [-0.1, -0.05) is 25.0 Å². The van der Waals surface area contributed by atoms with Crippen molar-refractivity contribution in [2.45, 2.75) is 58.0 Å². The first kappa shape index (κ1) is 20.4. The molecule has 134 valence electrons. The predicted molar refractivity (Wildman–Crippen MR) is 96.2 cm³/mol. The molecule has 7 heteroatoms. The summed E-state index contributed by atoms with van der Waals surface area (Å²) < 4.78 is 0. The van der Waals surface area contributed by atoms with Crippen LogP contribution in [0, 0.1) is 23.0 Å². The maximum absolute atomic E-state index is 12.6. The van der Waals surface area contributed by atoms with E-state index in [0.29, 0.717) is 5.56 Å². The molecule has 0 radical (unpaired) electrons. The first-order valence-electron chi connectivity index (χ1n) is 8.06. The summed E-state index contributed by atoms with van der Waals surface area (Å²) in [4.78, 5) is 23.2. The number of benzene rings is 1. The quantitative estimate of drug-likeness (QED) is 0.638. The van der Waals surface area contributed by atoms with Crippen molar-refractivity contribution in [1.29, 1.82) is 0 Å². The number of nitrogens with zero attached hydrogens (tertiary/aromatic N) is 1. The Balaban J connectivity index is 0.00000288. The third-order valence-corrected chi connectivity index (χ3v) is 4.86. The van der Waals surface area contributed by atoms with Gasteiger partial charge < -0.3 is 11.1 Å². The van der Waals surface area contributed by atoms with Crippen LogP contribution >= 0.6 is 12.4 Å². The molecule has 0 spiro atoms. The van der Waals surface area contributed by atoms with Gasteiger partial charge in [0.2, 0.25) is 5.91 Å². The zero-order valence-electron chi connectivity index (χ0n) is 14.4. The Morgan fingerprint density at radius 2 is 2.12 bits per heavy atom. The number of halogens is 1. The predicted octanol–water partition coefficient (Wildman–Crippen LogP) is 3.41. The van der Waals surface area contributed by atoms with E-state index in [1.807, 2.05) is 19.9 Å². The average molecular weight is 356 g/mol. The van der Waals surface area contributed by atoms with Gasteiger partial charge in [-0.25, -0.2) is 0 Å². The largest absolute Gasteiger partial charge is 0.349 e. The molecule has 3 unspecified atom stereocenters. The van der Waals surface area contributed by atoms with E-state index < -0.39 is 10.5 Å². The molecule has 3 N–H and O–H groups in total. The summed E-state index contributed by atoms with van der Waals surface area (Å²) >= 11 is 0. The van der Waals surface area contributed by atoms with Crippen LogP contribution < -0.4 is 11.1 Å². The number of aryl methyl sites for hydroxylation is 1. The van der Waals surface area contributed by atoms with Crippen molar-refractivity contribution in [3.05, 3.63) is 39.4 Å². The number of hydrogen-bond donors (Lipinski definition) is 2. The second-order valence-corrected chi connectivity index (χ2v) is 6.84. The highest BCUT2D eigenvalue weighted by molar-refractivity contribution is 5.85. The first-order chi connectivity index (χ1) is 10.7. The fraction of sp³-hybridized carbons (Fsp3) is 0.588. The van der Waals surface area contributed by atoms with Crippen LogP contribution in [0.1, 0.15) is 56.7 Å². The summed E-state index contributed by atoms with van der Waals surface area (Å²) in [6, 6.07) is 4.77. The van der Waals surface area contributed by atoms with Crippen molar-refractivity contribution in [1.82, 2.24) is 5.32 Å². The van der Waals surface area contributed by atoms with Gasteiger partial charge in [0, 0.05) is 17.2 Å². The lowest BCUT2D eigenvalue weighted by Gasteiger charge is -2.37. The number of nitro benzene ring substituents is 1.